The number of hydrogen-bond acceptors (Lipinski definition) is 3. The van der Waals surface area contributed by atoms with Crippen LogP contribution in [0.25, 0.3) is 0 Å². The van der Waals surface area contributed by atoms with Crippen molar-refractivity contribution in [3.8, 4) is 0 Å². The lowest BCUT2D eigenvalue weighted by molar-refractivity contribution is 0.144. The summed E-state index contributed by atoms with van der Waals surface area (Å²) in [4.78, 5) is 5.05. The molecule has 90 valence electrons. The Bertz CT molecular complexity index is 168. The Kier molecular flexibility index (Phi) is 5.58. The van der Waals surface area contributed by atoms with Crippen LogP contribution in [0.2, 0.25) is 0 Å². The normalized spacial score (nSPS) is 28.6. The van der Waals surface area contributed by atoms with E-state index in [1.165, 1.54) is 45.7 Å². The lowest BCUT2D eigenvalue weighted by atomic mass is 9.95. The third kappa shape index (κ3) is 4.09. The van der Waals surface area contributed by atoms with Gasteiger partial charge in [0.15, 0.2) is 0 Å². The molecule has 0 saturated carbocycles. The first-order chi connectivity index (χ1) is 7.17. The van der Waals surface area contributed by atoms with Gasteiger partial charge in [0.1, 0.15) is 0 Å². The molecule has 0 bridgehead atoms. The fourth-order valence-electron chi connectivity index (χ4n) is 2.28. The lowest BCUT2D eigenvalue weighted by Crippen LogP contribution is -2.47. The molecule has 2 atom stereocenters. The van der Waals surface area contributed by atoms with Gasteiger partial charge in [0, 0.05) is 25.7 Å². The summed E-state index contributed by atoms with van der Waals surface area (Å²) >= 11 is 0. The van der Waals surface area contributed by atoms with E-state index in [1.54, 1.807) is 0 Å². The molecule has 1 rings (SSSR count). The first-order valence-corrected chi connectivity index (χ1v) is 6.37. The summed E-state index contributed by atoms with van der Waals surface area (Å²) in [6, 6.07) is 0.426. The quantitative estimate of drug-likeness (QED) is 0.739. The summed E-state index contributed by atoms with van der Waals surface area (Å²) in [7, 11) is 0. The fraction of sp³-hybridized carbons (Fsp3) is 1.00. The second-order valence-corrected chi connectivity index (χ2v) is 4.76. The van der Waals surface area contributed by atoms with Crippen LogP contribution in [-0.4, -0.2) is 55.1 Å². The zero-order chi connectivity index (χ0) is 11.3. The minimum Gasteiger partial charge on any atom is -0.327 e. The summed E-state index contributed by atoms with van der Waals surface area (Å²) in [5.41, 5.74) is 6.01. The molecular weight excluding hydrogens is 186 g/mol. The van der Waals surface area contributed by atoms with E-state index in [-0.39, 0.29) is 0 Å². The zero-order valence-electron chi connectivity index (χ0n) is 10.6. The van der Waals surface area contributed by atoms with Crippen LogP contribution in [-0.2, 0) is 0 Å². The van der Waals surface area contributed by atoms with Gasteiger partial charge in [-0.1, -0.05) is 20.8 Å². The predicted octanol–water partition coefficient (Wildman–Crippen LogP) is 0.997. The summed E-state index contributed by atoms with van der Waals surface area (Å²) in [6.07, 6.45) is 1.17. The van der Waals surface area contributed by atoms with Gasteiger partial charge >= 0.3 is 0 Å². The Morgan fingerprint density at radius 2 is 2.00 bits per heavy atom. The number of hydrogen-bond donors (Lipinski definition) is 1. The van der Waals surface area contributed by atoms with Crippen LogP contribution in [0.15, 0.2) is 0 Å². The van der Waals surface area contributed by atoms with Crippen molar-refractivity contribution < 1.29 is 0 Å². The van der Waals surface area contributed by atoms with Crippen molar-refractivity contribution in [2.45, 2.75) is 33.2 Å². The van der Waals surface area contributed by atoms with Gasteiger partial charge < -0.3 is 15.5 Å². The Hall–Kier alpha value is -0.120. The van der Waals surface area contributed by atoms with Crippen molar-refractivity contribution in [3.63, 3.8) is 0 Å². The molecule has 2 N–H and O–H groups in total. The van der Waals surface area contributed by atoms with E-state index >= 15 is 0 Å². The topological polar surface area (TPSA) is 32.5 Å². The van der Waals surface area contributed by atoms with Crippen molar-refractivity contribution in [1.29, 1.82) is 0 Å². The summed E-state index contributed by atoms with van der Waals surface area (Å²) in [5.74, 6) is 0.662. The zero-order valence-corrected chi connectivity index (χ0v) is 10.6. The van der Waals surface area contributed by atoms with Crippen LogP contribution in [0.1, 0.15) is 27.2 Å². The average Bonchev–Trinajstić information content (AvgIpc) is 2.24. The monoisotopic (exact) mass is 213 g/mol. The average molecular weight is 213 g/mol. The molecule has 0 aromatic rings. The first kappa shape index (κ1) is 12.9. The molecule has 15 heavy (non-hydrogen) atoms. The maximum absolute atomic E-state index is 6.01. The van der Waals surface area contributed by atoms with E-state index in [2.05, 4.69) is 30.6 Å². The van der Waals surface area contributed by atoms with Gasteiger partial charge in [-0.2, -0.15) is 0 Å². The molecule has 0 aromatic carbocycles. The molecule has 1 heterocycles. The largest absolute Gasteiger partial charge is 0.327 e. The molecule has 3 nitrogen and oxygen atoms in total. The van der Waals surface area contributed by atoms with Gasteiger partial charge in [0.05, 0.1) is 0 Å². The predicted molar refractivity (Wildman–Crippen MR) is 66.0 cm³/mol. The molecular formula is C12H27N3. The van der Waals surface area contributed by atoms with Gasteiger partial charge in [-0.05, 0) is 32.0 Å². The maximum atomic E-state index is 6.01. The molecule has 3 heteroatoms. The van der Waals surface area contributed by atoms with Crippen LogP contribution in [0, 0.1) is 5.92 Å². The third-order valence-corrected chi connectivity index (χ3v) is 3.68. The summed E-state index contributed by atoms with van der Waals surface area (Å²) in [6.45, 7) is 13.9. The van der Waals surface area contributed by atoms with E-state index in [4.69, 9.17) is 5.73 Å². The van der Waals surface area contributed by atoms with E-state index in [0.29, 0.717) is 12.0 Å². The van der Waals surface area contributed by atoms with Crippen LogP contribution in [0.5, 0.6) is 0 Å². The van der Waals surface area contributed by atoms with Gasteiger partial charge in [-0.25, -0.2) is 0 Å². The van der Waals surface area contributed by atoms with Crippen LogP contribution >= 0.6 is 0 Å². The second kappa shape index (κ2) is 6.46. The van der Waals surface area contributed by atoms with Crippen molar-refractivity contribution in [1.82, 2.24) is 9.80 Å². The Morgan fingerprint density at radius 1 is 1.33 bits per heavy atom. The minimum absolute atomic E-state index is 0.426. The van der Waals surface area contributed by atoms with E-state index in [0.717, 1.165) is 0 Å². The van der Waals surface area contributed by atoms with Crippen molar-refractivity contribution in [2.24, 2.45) is 11.7 Å². The molecule has 2 unspecified atom stereocenters. The summed E-state index contributed by atoms with van der Waals surface area (Å²) < 4.78 is 0. The van der Waals surface area contributed by atoms with E-state index < -0.39 is 0 Å². The highest BCUT2D eigenvalue weighted by molar-refractivity contribution is 4.80. The SMILES string of the molecule is CCN(CC)CCN1CCC(N)C(C)C1. The second-order valence-electron chi connectivity index (χ2n) is 4.76. The molecule has 1 aliphatic rings. The van der Waals surface area contributed by atoms with E-state index in [9.17, 15) is 0 Å². The molecule has 0 aromatic heterocycles. The molecule has 0 aliphatic carbocycles. The molecule has 0 radical (unpaired) electrons. The molecule has 1 aliphatic heterocycles. The Labute approximate surface area is 94.6 Å². The van der Waals surface area contributed by atoms with Crippen molar-refractivity contribution in [3.05, 3.63) is 0 Å². The molecule has 0 spiro atoms. The first-order valence-electron chi connectivity index (χ1n) is 6.37. The van der Waals surface area contributed by atoms with Crippen LogP contribution in [0.3, 0.4) is 0 Å². The number of likely N-dealkylation sites (N-methyl/N-ethyl adjacent to an activating group) is 1. The smallest absolute Gasteiger partial charge is 0.0109 e. The van der Waals surface area contributed by atoms with Gasteiger partial charge in [0.2, 0.25) is 0 Å². The molecule has 1 fully saturated rings. The highest BCUT2D eigenvalue weighted by Gasteiger charge is 2.22. The highest BCUT2D eigenvalue weighted by Crippen LogP contribution is 2.14. The number of nitrogens with two attached hydrogens (primary N) is 1. The summed E-state index contributed by atoms with van der Waals surface area (Å²) in [5, 5.41) is 0. The lowest BCUT2D eigenvalue weighted by Gasteiger charge is -2.36. The number of nitrogens with zero attached hydrogens (tertiary/aromatic N) is 2. The number of likely N-dealkylation sites (tertiary alicyclic amines) is 1. The number of rotatable bonds is 5. The molecule has 1 saturated heterocycles. The van der Waals surface area contributed by atoms with Crippen LogP contribution in [0.4, 0.5) is 0 Å². The fourth-order valence-corrected chi connectivity index (χ4v) is 2.28. The maximum Gasteiger partial charge on any atom is 0.0109 e. The molecule has 0 amide bonds. The van der Waals surface area contributed by atoms with Gasteiger partial charge in [-0.15, -0.1) is 0 Å². The highest BCUT2D eigenvalue weighted by atomic mass is 15.2. The standard InChI is InChI=1S/C12H27N3/c1-4-14(5-2)8-9-15-7-6-12(13)11(3)10-15/h11-12H,4-10,13H2,1-3H3. The Morgan fingerprint density at radius 3 is 2.53 bits per heavy atom. The van der Waals surface area contributed by atoms with Gasteiger partial charge in [0.25, 0.3) is 0 Å². The van der Waals surface area contributed by atoms with Crippen LogP contribution < -0.4 is 5.73 Å². The van der Waals surface area contributed by atoms with E-state index in [1.807, 2.05) is 0 Å². The van der Waals surface area contributed by atoms with Crippen molar-refractivity contribution >= 4 is 0 Å². The Balaban J connectivity index is 2.22. The van der Waals surface area contributed by atoms with Gasteiger partial charge in [-0.3, -0.25) is 0 Å². The number of piperidine rings is 1. The third-order valence-electron chi connectivity index (χ3n) is 3.68. The minimum atomic E-state index is 0.426. The van der Waals surface area contributed by atoms with Crippen molar-refractivity contribution in [2.75, 3.05) is 39.3 Å².